The molecule has 4 N–H and O–H groups in total. The molecule has 0 saturated heterocycles. The Kier molecular flexibility index (Phi) is 6.05. The predicted molar refractivity (Wildman–Crippen MR) is 94.8 cm³/mol. The lowest BCUT2D eigenvalue weighted by molar-refractivity contribution is -0.115. The molecule has 0 aliphatic heterocycles. The number of thioether (sulfide) groups is 1. The van der Waals surface area contributed by atoms with Crippen LogP contribution in [0.2, 0.25) is 0 Å². The SMILES string of the molecule is CC(SC(=N)N)C(=O)Nc1ccc(OCc2ccccc2)cc1. The average Bonchev–Trinajstić information content (AvgIpc) is 2.54. The molecule has 0 radical (unpaired) electrons. The maximum atomic E-state index is 11.9. The Balaban J connectivity index is 1.87. The van der Waals surface area contributed by atoms with Crippen molar-refractivity contribution in [3.63, 3.8) is 0 Å². The second-order valence-electron chi connectivity index (χ2n) is 4.91. The van der Waals surface area contributed by atoms with E-state index in [1.165, 1.54) is 0 Å². The van der Waals surface area contributed by atoms with Crippen LogP contribution in [0.5, 0.6) is 5.75 Å². The van der Waals surface area contributed by atoms with Gasteiger partial charge in [0.2, 0.25) is 5.91 Å². The molecule has 0 aliphatic carbocycles. The van der Waals surface area contributed by atoms with Gasteiger partial charge < -0.3 is 15.8 Å². The Morgan fingerprint density at radius 2 is 1.87 bits per heavy atom. The summed E-state index contributed by atoms with van der Waals surface area (Å²) >= 11 is 1.02. The van der Waals surface area contributed by atoms with Crippen molar-refractivity contribution in [2.45, 2.75) is 18.8 Å². The summed E-state index contributed by atoms with van der Waals surface area (Å²) in [7, 11) is 0. The molecule has 1 unspecified atom stereocenters. The lowest BCUT2D eigenvalue weighted by Crippen LogP contribution is -2.25. The fourth-order valence-electron chi connectivity index (χ4n) is 1.86. The van der Waals surface area contributed by atoms with Crippen molar-refractivity contribution in [3.05, 3.63) is 60.2 Å². The van der Waals surface area contributed by atoms with Crippen molar-refractivity contribution in [1.82, 2.24) is 0 Å². The number of rotatable bonds is 6. The highest BCUT2D eigenvalue weighted by Crippen LogP contribution is 2.18. The van der Waals surface area contributed by atoms with E-state index in [-0.39, 0.29) is 11.1 Å². The predicted octanol–water partition coefficient (Wildman–Crippen LogP) is 3.22. The van der Waals surface area contributed by atoms with Gasteiger partial charge >= 0.3 is 0 Å². The van der Waals surface area contributed by atoms with E-state index in [1.54, 1.807) is 31.2 Å². The topological polar surface area (TPSA) is 88.2 Å². The zero-order valence-electron chi connectivity index (χ0n) is 12.8. The minimum absolute atomic E-state index is 0.0719. The molecule has 120 valence electrons. The number of hydrogen-bond acceptors (Lipinski definition) is 4. The van der Waals surface area contributed by atoms with Crippen LogP contribution < -0.4 is 15.8 Å². The maximum Gasteiger partial charge on any atom is 0.237 e. The molecule has 0 aliphatic rings. The van der Waals surface area contributed by atoms with Crippen LogP contribution in [0.25, 0.3) is 0 Å². The molecule has 1 atom stereocenters. The number of ether oxygens (including phenoxy) is 1. The van der Waals surface area contributed by atoms with E-state index in [0.717, 1.165) is 23.1 Å². The highest BCUT2D eigenvalue weighted by Gasteiger charge is 2.14. The molecule has 1 amide bonds. The molecule has 5 nitrogen and oxygen atoms in total. The number of hydrogen-bond donors (Lipinski definition) is 3. The monoisotopic (exact) mass is 329 g/mol. The molecular formula is C17H19N3O2S. The van der Waals surface area contributed by atoms with Gasteiger partial charge in [0.1, 0.15) is 12.4 Å². The Labute approximate surface area is 139 Å². The molecule has 2 aromatic rings. The quantitative estimate of drug-likeness (QED) is 0.561. The van der Waals surface area contributed by atoms with E-state index in [9.17, 15) is 4.79 Å². The lowest BCUT2D eigenvalue weighted by Gasteiger charge is -2.11. The maximum absolute atomic E-state index is 11.9. The van der Waals surface area contributed by atoms with E-state index in [2.05, 4.69) is 5.32 Å². The van der Waals surface area contributed by atoms with Crippen molar-refractivity contribution < 1.29 is 9.53 Å². The van der Waals surface area contributed by atoms with Crippen molar-refractivity contribution in [2.75, 3.05) is 5.32 Å². The Bertz CT molecular complexity index is 659. The van der Waals surface area contributed by atoms with E-state index in [4.69, 9.17) is 15.9 Å². The highest BCUT2D eigenvalue weighted by atomic mass is 32.2. The molecule has 0 spiro atoms. The Morgan fingerprint density at radius 3 is 2.48 bits per heavy atom. The van der Waals surface area contributed by atoms with Gasteiger partial charge in [0, 0.05) is 5.69 Å². The summed E-state index contributed by atoms with van der Waals surface area (Å²) < 4.78 is 5.69. The molecule has 0 heterocycles. The third kappa shape index (κ3) is 5.67. The molecule has 0 bridgehead atoms. The Hall–Kier alpha value is -2.47. The third-order valence-corrected chi connectivity index (χ3v) is 3.86. The van der Waals surface area contributed by atoms with Gasteiger partial charge in [0.05, 0.1) is 5.25 Å². The molecule has 0 fully saturated rings. The molecule has 0 aromatic heterocycles. The van der Waals surface area contributed by atoms with E-state index in [0.29, 0.717) is 12.3 Å². The summed E-state index contributed by atoms with van der Waals surface area (Å²) in [6, 6.07) is 17.1. The van der Waals surface area contributed by atoms with E-state index in [1.807, 2.05) is 30.3 Å². The molecule has 2 rings (SSSR count). The molecule has 6 heteroatoms. The van der Waals surface area contributed by atoms with Crippen molar-refractivity contribution in [3.8, 4) is 5.75 Å². The largest absolute Gasteiger partial charge is 0.489 e. The highest BCUT2D eigenvalue weighted by molar-refractivity contribution is 8.14. The fourth-order valence-corrected chi connectivity index (χ4v) is 2.41. The standard InChI is InChI=1S/C17H19N3O2S/c1-12(23-17(18)19)16(21)20-14-7-9-15(10-8-14)22-11-13-5-3-2-4-6-13/h2-10,12H,11H2,1H3,(H3,18,19)(H,20,21). The summed E-state index contributed by atoms with van der Waals surface area (Å²) in [6.07, 6.45) is 0. The minimum atomic E-state index is -0.415. The van der Waals surface area contributed by atoms with Crippen LogP contribution in [0, 0.1) is 5.41 Å². The van der Waals surface area contributed by atoms with E-state index < -0.39 is 5.25 Å². The summed E-state index contributed by atoms with van der Waals surface area (Å²) in [4.78, 5) is 11.9. The van der Waals surface area contributed by atoms with Gasteiger partial charge in [0.25, 0.3) is 0 Å². The molecule has 2 aromatic carbocycles. The summed E-state index contributed by atoms with van der Waals surface area (Å²) in [5.74, 6) is 0.543. The zero-order chi connectivity index (χ0) is 16.7. The zero-order valence-corrected chi connectivity index (χ0v) is 13.6. The summed E-state index contributed by atoms with van der Waals surface area (Å²) in [6.45, 7) is 2.21. The first-order valence-electron chi connectivity index (χ1n) is 7.13. The third-order valence-electron chi connectivity index (χ3n) is 3.04. The number of nitrogens with two attached hydrogens (primary N) is 1. The number of anilines is 1. The molecular weight excluding hydrogens is 310 g/mol. The molecule has 23 heavy (non-hydrogen) atoms. The molecule has 0 saturated carbocycles. The van der Waals surface area contributed by atoms with Crippen molar-refractivity contribution >= 4 is 28.5 Å². The second-order valence-corrected chi connectivity index (χ2v) is 6.29. The minimum Gasteiger partial charge on any atom is -0.489 e. The average molecular weight is 329 g/mol. The van der Waals surface area contributed by atoms with Crippen LogP contribution in [0.4, 0.5) is 5.69 Å². The van der Waals surface area contributed by atoms with Crippen molar-refractivity contribution in [2.24, 2.45) is 5.73 Å². The van der Waals surface area contributed by atoms with Crippen LogP contribution >= 0.6 is 11.8 Å². The van der Waals surface area contributed by atoms with Crippen LogP contribution in [0.1, 0.15) is 12.5 Å². The van der Waals surface area contributed by atoms with E-state index >= 15 is 0 Å². The number of carbonyl (C=O) groups is 1. The smallest absolute Gasteiger partial charge is 0.237 e. The number of carbonyl (C=O) groups excluding carboxylic acids is 1. The lowest BCUT2D eigenvalue weighted by atomic mass is 10.2. The van der Waals surface area contributed by atoms with Crippen LogP contribution in [0.3, 0.4) is 0 Å². The second kappa shape index (κ2) is 8.24. The van der Waals surface area contributed by atoms with Gasteiger partial charge in [-0.05, 0) is 36.8 Å². The van der Waals surface area contributed by atoms with Gasteiger partial charge in [-0.25, -0.2) is 0 Å². The van der Waals surface area contributed by atoms with Gasteiger partial charge in [-0.1, -0.05) is 42.1 Å². The number of benzene rings is 2. The summed E-state index contributed by atoms with van der Waals surface area (Å²) in [5, 5.41) is 9.48. The normalized spacial score (nSPS) is 11.5. The fraction of sp³-hybridized carbons (Fsp3) is 0.176. The first-order chi connectivity index (χ1) is 11.0. The number of amidine groups is 1. The van der Waals surface area contributed by atoms with Crippen LogP contribution in [0.15, 0.2) is 54.6 Å². The number of amides is 1. The number of nitrogens with one attached hydrogen (secondary N) is 2. The van der Waals surface area contributed by atoms with Gasteiger partial charge in [-0.3, -0.25) is 10.2 Å². The van der Waals surface area contributed by atoms with Crippen LogP contribution in [-0.4, -0.2) is 16.3 Å². The van der Waals surface area contributed by atoms with Crippen molar-refractivity contribution in [1.29, 1.82) is 5.41 Å². The van der Waals surface area contributed by atoms with Gasteiger partial charge in [0.15, 0.2) is 5.17 Å². The van der Waals surface area contributed by atoms with Gasteiger partial charge in [-0.15, -0.1) is 0 Å². The first-order valence-corrected chi connectivity index (χ1v) is 8.01. The van der Waals surface area contributed by atoms with Gasteiger partial charge in [-0.2, -0.15) is 0 Å². The first kappa shape index (κ1) is 16.9. The summed E-state index contributed by atoms with van der Waals surface area (Å²) in [5.41, 5.74) is 7.05. The Morgan fingerprint density at radius 1 is 1.22 bits per heavy atom. The van der Waals surface area contributed by atoms with Crippen LogP contribution in [-0.2, 0) is 11.4 Å².